The average molecular weight is 257 g/mol. The zero-order chi connectivity index (χ0) is 12.6. The third-order valence-corrected chi connectivity index (χ3v) is 4.27. The summed E-state index contributed by atoms with van der Waals surface area (Å²) in [5.41, 5.74) is 0.973. The molecular weight excluding hydrogens is 240 g/mol. The first-order valence-electron chi connectivity index (χ1n) is 5.88. The van der Waals surface area contributed by atoms with E-state index in [9.17, 15) is 9.90 Å². The van der Waals surface area contributed by atoms with Crippen molar-refractivity contribution in [2.75, 3.05) is 0 Å². The summed E-state index contributed by atoms with van der Waals surface area (Å²) in [6.45, 7) is 1.84. The molecule has 0 saturated heterocycles. The lowest BCUT2D eigenvalue weighted by molar-refractivity contribution is -0.148. The van der Waals surface area contributed by atoms with Gasteiger partial charge in [0.15, 0.2) is 0 Å². The lowest BCUT2D eigenvalue weighted by Crippen LogP contribution is -2.31. The maximum Gasteiger partial charge on any atom is 0.310 e. The quantitative estimate of drug-likeness (QED) is 0.904. The molecule has 0 radical (unpaired) electrons. The number of carboxylic acid groups (broad SMARTS) is 1. The van der Waals surface area contributed by atoms with Crippen LogP contribution in [0, 0.1) is 12.3 Å². The Balaban J connectivity index is 2.33. The van der Waals surface area contributed by atoms with Crippen molar-refractivity contribution < 1.29 is 9.90 Å². The van der Waals surface area contributed by atoms with Gasteiger partial charge in [-0.2, -0.15) is 5.10 Å². The number of hydrogen-bond acceptors (Lipinski definition) is 2. The molecule has 1 fully saturated rings. The maximum absolute atomic E-state index is 11.5. The highest BCUT2D eigenvalue weighted by atomic mass is 35.5. The Morgan fingerprint density at radius 3 is 2.53 bits per heavy atom. The Morgan fingerprint density at radius 2 is 2.12 bits per heavy atom. The molecule has 0 spiro atoms. The van der Waals surface area contributed by atoms with Gasteiger partial charge < -0.3 is 5.11 Å². The summed E-state index contributed by atoms with van der Waals surface area (Å²) < 4.78 is 1.71. The summed E-state index contributed by atoms with van der Waals surface area (Å²) in [6.07, 6.45) is 3.94. The summed E-state index contributed by atoms with van der Waals surface area (Å²) in [7, 11) is 1.82. The van der Waals surface area contributed by atoms with E-state index in [1.54, 1.807) is 4.68 Å². The Morgan fingerprint density at radius 1 is 1.53 bits per heavy atom. The Labute approximate surface area is 106 Å². The molecule has 5 heteroatoms. The van der Waals surface area contributed by atoms with Gasteiger partial charge in [-0.3, -0.25) is 9.48 Å². The first kappa shape index (κ1) is 12.4. The average Bonchev–Trinajstić information content (AvgIpc) is 2.81. The molecular formula is C12H17ClN2O2. The van der Waals surface area contributed by atoms with Gasteiger partial charge in [0.2, 0.25) is 0 Å². The number of aliphatic carboxylic acids is 1. The normalized spacial score (nSPS) is 18.5. The Bertz CT molecular complexity index is 448. The highest BCUT2D eigenvalue weighted by molar-refractivity contribution is 6.31. The van der Waals surface area contributed by atoms with Crippen molar-refractivity contribution in [2.24, 2.45) is 12.5 Å². The number of halogens is 1. The molecule has 0 aromatic carbocycles. The fourth-order valence-corrected chi connectivity index (χ4v) is 2.94. The molecule has 94 valence electrons. The monoisotopic (exact) mass is 256 g/mol. The molecule has 0 amide bonds. The van der Waals surface area contributed by atoms with E-state index >= 15 is 0 Å². The van der Waals surface area contributed by atoms with Crippen molar-refractivity contribution in [3.05, 3.63) is 16.4 Å². The summed E-state index contributed by atoms with van der Waals surface area (Å²) in [4.78, 5) is 11.5. The van der Waals surface area contributed by atoms with E-state index in [2.05, 4.69) is 5.10 Å². The van der Waals surface area contributed by atoms with Gasteiger partial charge in [0.25, 0.3) is 0 Å². The largest absolute Gasteiger partial charge is 0.481 e. The summed E-state index contributed by atoms with van der Waals surface area (Å²) in [6, 6.07) is 0. The van der Waals surface area contributed by atoms with Crippen LogP contribution < -0.4 is 0 Å². The van der Waals surface area contributed by atoms with E-state index in [0.29, 0.717) is 11.4 Å². The lowest BCUT2D eigenvalue weighted by atomic mass is 9.81. The van der Waals surface area contributed by atoms with Gasteiger partial charge in [-0.25, -0.2) is 0 Å². The number of carbonyl (C=O) groups is 1. The summed E-state index contributed by atoms with van der Waals surface area (Å²) >= 11 is 6.18. The molecule has 1 saturated carbocycles. The van der Waals surface area contributed by atoms with Crippen LogP contribution in [0.15, 0.2) is 0 Å². The molecule has 0 aliphatic heterocycles. The third kappa shape index (κ3) is 2.06. The topological polar surface area (TPSA) is 55.1 Å². The van der Waals surface area contributed by atoms with E-state index in [0.717, 1.165) is 37.1 Å². The van der Waals surface area contributed by atoms with Gasteiger partial charge in [-0.05, 0) is 19.8 Å². The molecule has 2 rings (SSSR count). The van der Waals surface area contributed by atoms with Gasteiger partial charge in [-0.15, -0.1) is 0 Å². The van der Waals surface area contributed by atoms with Crippen LogP contribution in [0.5, 0.6) is 0 Å². The predicted molar refractivity (Wildman–Crippen MR) is 65.2 cm³/mol. The molecule has 0 unspecified atom stereocenters. The highest BCUT2D eigenvalue weighted by Crippen LogP contribution is 2.42. The highest BCUT2D eigenvalue weighted by Gasteiger charge is 2.42. The molecule has 4 nitrogen and oxygen atoms in total. The SMILES string of the molecule is Cc1nn(C)c(CC2(C(=O)O)CCCC2)c1Cl. The minimum Gasteiger partial charge on any atom is -0.481 e. The number of nitrogens with zero attached hydrogens (tertiary/aromatic N) is 2. The van der Waals surface area contributed by atoms with Crippen LogP contribution in [0.25, 0.3) is 0 Å². The molecule has 1 N–H and O–H groups in total. The second kappa shape index (κ2) is 4.33. The van der Waals surface area contributed by atoms with Gasteiger partial charge >= 0.3 is 5.97 Å². The minimum atomic E-state index is -0.704. The molecule has 0 bridgehead atoms. The number of carboxylic acids is 1. The summed E-state index contributed by atoms with van der Waals surface area (Å²) in [5, 5.41) is 14.3. The molecule has 1 aliphatic rings. The zero-order valence-corrected chi connectivity index (χ0v) is 10.9. The molecule has 1 heterocycles. The number of aromatic nitrogens is 2. The van der Waals surface area contributed by atoms with Crippen molar-refractivity contribution in [2.45, 2.75) is 39.0 Å². The lowest BCUT2D eigenvalue weighted by Gasteiger charge is -2.23. The third-order valence-electron chi connectivity index (χ3n) is 3.78. The number of rotatable bonds is 3. The summed E-state index contributed by atoms with van der Waals surface area (Å²) in [5.74, 6) is -0.704. The predicted octanol–water partition coefficient (Wildman–Crippen LogP) is 2.57. The standard InChI is InChI=1S/C12H17ClN2O2/c1-8-10(13)9(15(2)14-8)7-12(11(16)17)5-3-4-6-12/h3-7H2,1-2H3,(H,16,17). The molecule has 1 aromatic rings. The fraction of sp³-hybridized carbons (Fsp3) is 0.667. The van der Waals surface area contributed by atoms with E-state index in [1.165, 1.54) is 0 Å². The molecule has 17 heavy (non-hydrogen) atoms. The van der Waals surface area contributed by atoms with Crippen LogP contribution in [0.3, 0.4) is 0 Å². The zero-order valence-electron chi connectivity index (χ0n) is 10.2. The van der Waals surface area contributed by atoms with Gasteiger partial charge in [0.1, 0.15) is 0 Å². The maximum atomic E-state index is 11.5. The van der Waals surface area contributed by atoms with Gasteiger partial charge in [-0.1, -0.05) is 24.4 Å². The first-order valence-corrected chi connectivity index (χ1v) is 6.25. The van der Waals surface area contributed by atoms with E-state index in [1.807, 2.05) is 14.0 Å². The van der Waals surface area contributed by atoms with Crippen LogP contribution in [0.2, 0.25) is 5.02 Å². The van der Waals surface area contributed by atoms with Gasteiger partial charge in [0.05, 0.1) is 21.8 Å². The van der Waals surface area contributed by atoms with Crippen LogP contribution in [-0.4, -0.2) is 20.9 Å². The second-order valence-corrected chi connectivity index (χ2v) is 5.32. The van der Waals surface area contributed by atoms with E-state index in [-0.39, 0.29) is 0 Å². The fourth-order valence-electron chi connectivity index (χ4n) is 2.71. The van der Waals surface area contributed by atoms with Crippen LogP contribution in [-0.2, 0) is 18.3 Å². The molecule has 0 atom stereocenters. The first-order chi connectivity index (χ1) is 7.96. The van der Waals surface area contributed by atoms with Crippen molar-refractivity contribution in [1.82, 2.24) is 9.78 Å². The van der Waals surface area contributed by atoms with Crippen LogP contribution in [0.1, 0.15) is 37.1 Å². The van der Waals surface area contributed by atoms with Crippen LogP contribution in [0.4, 0.5) is 0 Å². The van der Waals surface area contributed by atoms with Crippen molar-refractivity contribution in [1.29, 1.82) is 0 Å². The smallest absolute Gasteiger partial charge is 0.310 e. The van der Waals surface area contributed by atoms with Crippen molar-refractivity contribution in [3.63, 3.8) is 0 Å². The molecule has 1 aromatic heterocycles. The van der Waals surface area contributed by atoms with E-state index < -0.39 is 11.4 Å². The van der Waals surface area contributed by atoms with Gasteiger partial charge in [0, 0.05) is 13.5 Å². The number of aryl methyl sites for hydroxylation is 2. The Hall–Kier alpha value is -1.03. The van der Waals surface area contributed by atoms with E-state index in [4.69, 9.17) is 11.6 Å². The second-order valence-electron chi connectivity index (χ2n) is 4.94. The Kier molecular flexibility index (Phi) is 3.17. The minimum absolute atomic E-state index is 0.485. The number of hydrogen-bond donors (Lipinski definition) is 1. The van der Waals surface area contributed by atoms with Crippen LogP contribution >= 0.6 is 11.6 Å². The van der Waals surface area contributed by atoms with Crippen molar-refractivity contribution >= 4 is 17.6 Å². The van der Waals surface area contributed by atoms with Crippen molar-refractivity contribution in [3.8, 4) is 0 Å². The molecule has 1 aliphatic carbocycles.